The SMILES string of the molecule is COC(=O)c1cc(NC=C(C#N)c2nn[nH]n2)ccc1Cl. The number of carbonyl (C=O) groups is 1. The molecule has 9 heteroatoms. The molecule has 0 aliphatic rings. The van der Waals surface area contributed by atoms with E-state index in [-0.39, 0.29) is 22.0 Å². The van der Waals surface area contributed by atoms with Crippen LogP contribution >= 0.6 is 11.6 Å². The van der Waals surface area contributed by atoms with Gasteiger partial charge in [0.2, 0.25) is 5.82 Å². The highest BCUT2D eigenvalue weighted by atomic mass is 35.5. The fourth-order valence-corrected chi connectivity index (χ4v) is 1.65. The number of rotatable bonds is 4. The standard InChI is InChI=1S/C12H9ClN6O2/c1-21-12(20)9-4-8(2-3-10(9)13)15-6-7(5-14)11-16-18-19-17-11/h2-4,6,15H,1H3,(H,16,17,18,19). The number of esters is 1. The molecule has 0 bridgehead atoms. The van der Waals surface area contributed by atoms with Gasteiger partial charge in [-0.05, 0) is 23.4 Å². The van der Waals surface area contributed by atoms with Crippen molar-refractivity contribution in [1.82, 2.24) is 20.6 Å². The minimum atomic E-state index is -0.550. The number of nitrogens with zero attached hydrogens (tertiary/aromatic N) is 4. The van der Waals surface area contributed by atoms with E-state index in [9.17, 15) is 4.79 Å². The smallest absolute Gasteiger partial charge is 0.339 e. The highest BCUT2D eigenvalue weighted by molar-refractivity contribution is 6.33. The van der Waals surface area contributed by atoms with Gasteiger partial charge in [0, 0.05) is 11.9 Å². The van der Waals surface area contributed by atoms with Gasteiger partial charge >= 0.3 is 5.97 Å². The van der Waals surface area contributed by atoms with Gasteiger partial charge in [-0.2, -0.15) is 10.5 Å². The highest BCUT2D eigenvalue weighted by Crippen LogP contribution is 2.21. The van der Waals surface area contributed by atoms with E-state index in [4.69, 9.17) is 16.9 Å². The second kappa shape index (κ2) is 6.49. The van der Waals surface area contributed by atoms with Gasteiger partial charge < -0.3 is 10.1 Å². The van der Waals surface area contributed by atoms with Crippen LogP contribution in [0.15, 0.2) is 24.4 Å². The minimum Gasteiger partial charge on any atom is -0.465 e. The third-order valence-electron chi connectivity index (χ3n) is 2.46. The molecule has 0 aliphatic carbocycles. The Bertz CT molecular complexity index is 720. The second-order valence-electron chi connectivity index (χ2n) is 3.74. The summed E-state index contributed by atoms with van der Waals surface area (Å²) in [4.78, 5) is 11.5. The van der Waals surface area contributed by atoms with Crippen LogP contribution in [-0.4, -0.2) is 33.7 Å². The number of tetrazole rings is 1. The number of carbonyl (C=O) groups excluding carboxylic acids is 1. The van der Waals surface area contributed by atoms with Crippen molar-refractivity contribution in [1.29, 1.82) is 5.26 Å². The van der Waals surface area contributed by atoms with Crippen molar-refractivity contribution in [2.75, 3.05) is 12.4 Å². The number of allylic oxidation sites excluding steroid dienone is 1. The van der Waals surface area contributed by atoms with Crippen molar-refractivity contribution < 1.29 is 9.53 Å². The van der Waals surface area contributed by atoms with E-state index in [1.165, 1.54) is 19.4 Å². The lowest BCUT2D eigenvalue weighted by Gasteiger charge is -2.06. The van der Waals surface area contributed by atoms with Gasteiger partial charge in [0.05, 0.1) is 17.7 Å². The van der Waals surface area contributed by atoms with E-state index < -0.39 is 5.97 Å². The molecule has 8 nitrogen and oxygen atoms in total. The Balaban J connectivity index is 2.24. The molecular weight excluding hydrogens is 296 g/mol. The van der Waals surface area contributed by atoms with Crippen molar-refractivity contribution in [3.05, 3.63) is 40.8 Å². The third kappa shape index (κ3) is 3.34. The normalized spacial score (nSPS) is 10.8. The fraction of sp³-hybridized carbons (Fsp3) is 0.0833. The Morgan fingerprint density at radius 3 is 3.00 bits per heavy atom. The summed E-state index contributed by atoms with van der Waals surface area (Å²) in [6.45, 7) is 0. The van der Waals surface area contributed by atoms with Crippen molar-refractivity contribution >= 4 is 28.8 Å². The Hall–Kier alpha value is -2.92. The van der Waals surface area contributed by atoms with Crippen molar-refractivity contribution in [3.63, 3.8) is 0 Å². The van der Waals surface area contributed by atoms with E-state index in [0.717, 1.165) is 0 Å². The number of aromatic nitrogens is 4. The predicted octanol–water partition coefficient (Wildman–Crippen LogP) is 1.62. The number of benzene rings is 1. The van der Waals surface area contributed by atoms with Gasteiger partial charge in [-0.3, -0.25) is 0 Å². The minimum absolute atomic E-state index is 0.159. The van der Waals surface area contributed by atoms with Gasteiger partial charge in [0.25, 0.3) is 0 Å². The average Bonchev–Trinajstić information content (AvgIpc) is 3.03. The van der Waals surface area contributed by atoms with Gasteiger partial charge in [-0.15, -0.1) is 10.2 Å². The molecule has 0 atom stereocenters. The number of nitriles is 1. The Labute approximate surface area is 124 Å². The van der Waals surface area contributed by atoms with E-state index in [1.807, 2.05) is 6.07 Å². The van der Waals surface area contributed by atoms with Crippen LogP contribution in [-0.2, 0) is 4.74 Å². The number of halogens is 1. The summed E-state index contributed by atoms with van der Waals surface area (Å²) >= 11 is 5.91. The summed E-state index contributed by atoms with van der Waals surface area (Å²) in [5, 5.41) is 25.2. The molecule has 1 heterocycles. The van der Waals surface area contributed by atoms with E-state index in [0.29, 0.717) is 5.69 Å². The molecule has 1 aromatic heterocycles. The highest BCUT2D eigenvalue weighted by Gasteiger charge is 2.11. The monoisotopic (exact) mass is 304 g/mol. The number of anilines is 1. The number of aromatic amines is 1. The zero-order chi connectivity index (χ0) is 15.2. The molecule has 1 aromatic carbocycles. The van der Waals surface area contributed by atoms with Crippen molar-refractivity contribution in [3.8, 4) is 6.07 Å². The molecule has 106 valence electrons. The number of H-pyrrole nitrogens is 1. The Morgan fingerprint density at radius 1 is 1.57 bits per heavy atom. The van der Waals surface area contributed by atoms with E-state index in [2.05, 4.69) is 30.7 Å². The fourth-order valence-electron chi connectivity index (χ4n) is 1.46. The summed E-state index contributed by atoms with van der Waals surface area (Å²) in [6.07, 6.45) is 1.40. The average molecular weight is 305 g/mol. The number of methoxy groups -OCH3 is 1. The molecular formula is C12H9ClN6O2. The number of hydrogen-bond donors (Lipinski definition) is 2. The van der Waals surface area contributed by atoms with Crippen LogP contribution in [0.4, 0.5) is 5.69 Å². The topological polar surface area (TPSA) is 117 Å². The van der Waals surface area contributed by atoms with Crippen molar-refractivity contribution in [2.45, 2.75) is 0 Å². The number of nitrogens with one attached hydrogen (secondary N) is 2. The quantitative estimate of drug-likeness (QED) is 0.651. The second-order valence-corrected chi connectivity index (χ2v) is 4.14. The van der Waals surface area contributed by atoms with Gasteiger partial charge in [-0.25, -0.2) is 4.79 Å². The van der Waals surface area contributed by atoms with E-state index >= 15 is 0 Å². The first-order valence-electron chi connectivity index (χ1n) is 5.64. The first-order chi connectivity index (χ1) is 10.2. The third-order valence-corrected chi connectivity index (χ3v) is 2.79. The molecule has 0 saturated carbocycles. The van der Waals surface area contributed by atoms with Crippen LogP contribution in [0.5, 0.6) is 0 Å². The molecule has 0 amide bonds. The van der Waals surface area contributed by atoms with Crippen LogP contribution in [0, 0.1) is 11.3 Å². The predicted molar refractivity (Wildman–Crippen MR) is 74.2 cm³/mol. The molecule has 0 radical (unpaired) electrons. The molecule has 0 unspecified atom stereocenters. The summed E-state index contributed by atoms with van der Waals surface area (Å²) in [6, 6.07) is 6.64. The molecule has 0 aliphatic heterocycles. The lowest BCUT2D eigenvalue weighted by atomic mass is 10.2. The summed E-state index contributed by atoms with van der Waals surface area (Å²) in [5.74, 6) is -0.390. The first kappa shape index (κ1) is 14.5. The van der Waals surface area contributed by atoms with Gasteiger partial charge in [0.15, 0.2) is 0 Å². The summed E-state index contributed by atoms with van der Waals surface area (Å²) < 4.78 is 4.63. The number of hydrogen-bond acceptors (Lipinski definition) is 7. The Kier molecular flexibility index (Phi) is 4.48. The molecule has 2 N–H and O–H groups in total. The van der Waals surface area contributed by atoms with Crippen LogP contribution in [0.1, 0.15) is 16.2 Å². The lowest BCUT2D eigenvalue weighted by molar-refractivity contribution is 0.0601. The van der Waals surface area contributed by atoms with Crippen molar-refractivity contribution in [2.24, 2.45) is 0 Å². The maximum absolute atomic E-state index is 11.5. The van der Waals surface area contributed by atoms with Gasteiger partial charge in [0.1, 0.15) is 11.6 Å². The molecule has 0 spiro atoms. The van der Waals surface area contributed by atoms with Crippen LogP contribution in [0.3, 0.4) is 0 Å². The van der Waals surface area contributed by atoms with Crippen LogP contribution < -0.4 is 5.32 Å². The molecule has 21 heavy (non-hydrogen) atoms. The lowest BCUT2D eigenvalue weighted by Crippen LogP contribution is -2.03. The zero-order valence-electron chi connectivity index (χ0n) is 10.8. The summed E-state index contributed by atoms with van der Waals surface area (Å²) in [7, 11) is 1.27. The molecule has 0 fully saturated rings. The van der Waals surface area contributed by atoms with Crippen LogP contribution in [0.2, 0.25) is 5.02 Å². The molecule has 2 rings (SSSR count). The zero-order valence-corrected chi connectivity index (χ0v) is 11.5. The Morgan fingerprint density at radius 2 is 2.38 bits per heavy atom. The molecule has 2 aromatic rings. The van der Waals surface area contributed by atoms with Crippen LogP contribution in [0.25, 0.3) is 5.57 Å². The van der Waals surface area contributed by atoms with Gasteiger partial charge in [-0.1, -0.05) is 11.6 Å². The summed E-state index contributed by atoms with van der Waals surface area (Å²) in [5.41, 5.74) is 0.949. The maximum atomic E-state index is 11.5. The molecule has 0 saturated heterocycles. The first-order valence-corrected chi connectivity index (χ1v) is 6.02. The van der Waals surface area contributed by atoms with E-state index in [1.54, 1.807) is 12.1 Å². The number of ether oxygens (including phenoxy) is 1. The largest absolute Gasteiger partial charge is 0.465 e. The maximum Gasteiger partial charge on any atom is 0.339 e.